The van der Waals surface area contributed by atoms with Gasteiger partial charge >= 0.3 is 6.85 Å². The quantitative estimate of drug-likeness (QED) is 0.248. The van der Waals surface area contributed by atoms with Crippen molar-refractivity contribution in [3.63, 3.8) is 0 Å². The van der Waals surface area contributed by atoms with Crippen LogP contribution in [0.3, 0.4) is 0 Å². The summed E-state index contributed by atoms with van der Waals surface area (Å²) in [5.41, 5.74) is 13.2. The average molecular weight is 445 g/mol. The zero-order valence-corrected chi connectivity index (χ0v) is 21.0. The van der Waals surface area contributed by atoms with E-state index in [2.05, 4.69) is 93.4 Å². The highest BCUT2D eigenvalue weighted by atomic mass is 15.1. The van der Waals surface area contributed by atoms with Crippen LogP contribution in [-0.2, 0) is 0 Å². The molecule has 0 spiro atoms. The lowest BCUT2D eigenvalue weighted by molar-refractivity contribution is 1.23. The smallest absolute Gasteiger partial charge is 0.322 e. The summed E-state index contributed by atoms with van der Waals surface area (Å²) in [6.45, 7) is 13.3. The van der Waals surface area contributed by atoms with Crippen LogP contribution in [-0.4, -0.2) is 6.85 Å². The first-order chi connectivity index (χ1) is 16.3. The molecule has 0 heterocycles. The number of hydrogen-bond acceptors (Lipinski definition) is 3. The van der Waals surface area contributed by atoms with Gasteiger partial charge in [0, 0.05) is 5.69 Å². The molecule has 4 aromatic carbocycles. The second kappa shape index (κ2) is 10.1. The van der Waals surface area contributed by atoms with Crippen molar-refractivity contribution in [3.05, 3.63) is 112 Å². The second-order valence-electron chi connectivity index (χ2n) is 9.28. The van der Waals surface area contributed by atoms with Crippen molar-refractivity contribution in [3.8, 4) is 0 Å². The van der Waals surface area contributed by atoms with Gasteiger partial charge in [-0.15, -0.1) is 0 Å². The molecule has 4 heteroatoms. The maximum absolute atomic E-state index is 4.39. The van der Waals surface area contributed by atoms with Crippen LogP contribution in [0.5, 0.6) is 0 Å². The lowest BCUT2D eigenvalue weighted by Gasteiger charge is -2.25. The minimum Gasteiger partial charge on any atom is -0.420 e. The predicted molar refractivity (Wildman–Crippen MR) is 147 cm³/mol. The Labute approximate surface area is 204 Å². The van der Waals surface area contributed by atoms with Crippen LogP contribution in [0.25, 0.3) is 0 Å². The molecular weight excluding hydrogens is 413 g/mol. The molecular formula is C30H32BN3. The highest BCUT2D eigenvalue weighted by Gasteiger charge is 2.27. The summed E-state index contributed by atoms with van der Waals surface area (Å²) < 4.78 is 0. The molecule has 0 aromatic heterocycles. The topological polar surface area (TPSA) is 36.8 Å². The summed E-state index contributed by atoms with van der Waals surface area (Å²) in [4.78, 5) is 0. The molecule has 4 aromatic rings. The number of nitrogens with zero attached hydrogens (tertiary/aromatic N) is 2. The van der Waals surface area contributed by atoms with Crippen molar-refractivity contribution >= 4 is 34.8 Å². The van der Waals surface area contributed by atoms with Gasteiger partial charge in [0.25, 0.3) is 0 Å². The molecule has 0 aliphatic carbocycles. The van der Waals surface area contributed by atoms with E-state index in [1.165, 1.54) is 44.3 Å². The SMILES string of the molecule is Cc1cc(C)c(B(Nc2ccc(N=Nc3ccccc3)cc2)c2c(C)cc(C)cc2C)c(C)c1. The molecule has 0 fully saturated rings. The first-order valence-electron chi connectivity index (χ1n) is 11.8. The lowest BCUT2D eigenvalue weighted by Crippen LogP contribution is -2.53. The standard InChI is InChI=1S/C30H32BN3/c1-20-16-22(3)29(23(4)17-20)31(30-24(5)18-21(2)19-25(30)6)32-26-12-14-28(15-13-26)34-33-27-10-8-7-9-11-27/h7-19,32H,1-6H3. The molecule has 3 nitrogen and oxygen atoms in total. The van der Waals surface area contributed by atoms with E-state index in [0.29, 0.717) is 0 Å². The summed E-state index contributed by atoms with van der Waals surface area (Å²) in [6.07, 6.45) is 0. The molecule has 1 N–H and O–H groups in total. The first kappa shape index (κ1) is 23.5. The monoisotopic (exact) mass is 445 g/mol. The summed E-state index contributed by atoms with van der Waals surface area (Å²) in [6, 6.07) is 27.1. The van der Waals surface area contributed by atoms with Crippen LogP contribution in [0.4, 0.5) is 17.1 Å². The Morgan fingerprint density at radius 3 is 1.38 bits per heavy atom. The van der Waals surface area contributed by atoms with Gasteiger partial charge in [0.15, 0.2) is 0 Å². The zero-order valence-electron chi connectivity index (χ0n) is 21.0. The van der Waals surface area contributed by atoms with Gasteiger partial charge in [-0.1, -0.05) is 75.8 Å². The Bertz CT molecular complexity index is 1220. The van der Waals surface area contributed by atoms with Crippen LogP contribution in [0.1, 0.15) is 33.4 Å². The van der Waals surface area contributed by atoms with Crippen LogP contribution in [0.2, 0.25) is 0 Å². The third-order valence-corrected chi connectivity index (χ3v) is 6.27. The first-order valence-corrected chi connectivity index (χ1v) is 11.8. The number of aryl methyl sites for hydroxylation is 6. The highest BCUT2D eigenvalue weighted by Crippen LogP contribution is 2.21. The van der Waals surface area contributed by atoms with E-state index in [4.69, 9.17) is 0 Å². The Kier molecular flexibility index (Phi) is 6.97. The van der Waals surface area contributed by atoms with Gasteiger partial charge in [-0.3, -0.25) is 0 Å². The van der Waals surface area contributed by atoms with Gasteiger partial charge in [-0.2, -0.15) is 10.2 Å². The van der Waals surface area contributed by atoms with Gasteiger partial charge in [-0.25, -0.2) is 0 Å². The third kappa shape index (κ3) is 5.28. The molecule has 0 bridgehead atoms. The van der Waals surface area contributed by atoms with Crippen molar-refractivity contribution < 1.29 is 0 Å². The molecule has 0 unspecified atom stereocenters. The molecule has 0 amide bonds. The maximum atomic E-state index is 4.39. The second-order valence-corrected chi connectivity index (χ2v) is 9.28. The normalized spacial score (nSPS) is 11.1. The van der Waals surface area contributed by atoms with Crippen molar-refractivity contribution in [1.82, 2.24) is 0 Å². The van der Waals surface area contributed by atoms with Crippen LogP contribution < -0.4 is 16.2 Å². The van der Waals surface area contributed by atoms with Crippen molar-refractivity contribution in [2.45, 2.75) is 41.5 Å². The highest BCUT2D eigenvalue weighted by molar-refractivity contribution is 6.88. The zero-order chi connectivity index (χ0) is 24.2. The number of azo groups is 1. The fourth-order valence-electron chi connectivity index (χ4n) is 4.98. The Morgan fingerprint density at radius 2 is 0.941 bits per heavy atom. The summed E-state index contributed by atoms with van der Waals surface area (Å²) >= 11 is 0. The number of anilines is 1. The largest absolute Gasteiger partial charge is 0.420 e. The van der Waals surface area contributed by atoms with E-state index in [0.717, 1.165) is 17.1 Å². The van der Waals surface area contributed by atoms with Crippen LogP contribution in [0, 0.1) is 41.5 Å². The van der Waals surface area contributed by atoms with Gasteiger partial charge in [0.1, 0.15) is 0 Å². The molecule has 170 valence electrons. The van der Waals surface area contributed by atoms with Gasteiger partial charge in [0.05, 0.1) is 11.4 Å². The Hall–Kier alpha value is -3.66. The summed E-state index contributed by atoms with van der Waals surface area (Å²) in [7, 11) is 0. The van der Waals surface area contributed by atoms with E-state index in [9.17, 15) is 0 Å². The molecule has 0 radical (unpaired) electrons. The predicted octanol–water partition coefficient (Wildman–Crippen LogP) is 7.17. The van der Waals surface area contributed by atoms with Crippen LogP contribution >= 0.6 is 0 Å². The fourth-order valence-corrected chi connectivity index (χ4v) is 4.98. The molecule has 0 aliphatic heterocycles. The number of nitrogens with one attached hydrogen (secondary N) is 1. The van der Waals surface area contributed by atoms with E-state index < -0.39 is 0 Å². The molecule has 0 saturated heterocycles. The minimum atomic E-state index is 0.0537. The van der Waals surface area contributed by atoms with E-state index in [-0.39, 0.29) is 6.85 Å². The van der Waals surface area contributed by atoms with Crippen molar-refractivity contribution in [2.75, 3.05) is 5.23 Å². The maximum Gasteiger partial charge on any atom is 0.322 e. The van der Waals surface area contributed by atoms with Crippen LogP contribution in [0.15, 0.2) is 89.1 Å². The molecule has 0 aliphatic rings. The van der Waals surface area contributed by atoms with Gasteiger partial charge < -0.3 is 5.23 Å². The minimum absolute atomic E-state index is 0.0537. The number of rotatable bonds is 6. The van der Waals surface area contributed by atoms with E-state index in [1.807, 2.05) is 42.5 Å². The lowest BCUT2D eigenvalue weighted by atomic mass is 9.46. The summed E-state index contributed by atoms with van der Waals surface area (Å²) in [5.74, 6) is 0. The van der Waals surface area contributed by atoms with Gasteiger partial charge in [-0.05, 0) is 88.9 Å². The van der Waals surface area contributed by atoms with Crippen molar-refractivity contribution in [1.29, 1.82) is 0 Å². The van der Waals surface area contributed by atoms with Gasteiger partial charge in [0.2, 0.25) is 0 Å². The number of benzene rings is 4. The van der Waals surface area contributed by atoms with E-state index >= 15 is 0 Å². The molecule has 0 saturated carbocycles. The third-order valence-electron chi connectivity index (χ3n) is 6.27. The number of hydrogen-bond donors (Lipinski definition) is 1. The molecule has 4 rings (SSSR count). The molecule has 34 heavy (non-hydrogen) atoms. The average Bonchev–Trinajstić information content (AvgIpc) is 2.78. The van der Waals surface area contributed by atoms with Crippen molar-refractivity contribution in [2.24, 2.45) is 10.2 Å². The van der Waals surface area contributed by atoms with E-state index in [1.54, 1.807) is 0 Å². The molecule has 0 atom stereocenters. The summed E-state index contributed by atoms with van der Waals surface area (Å²) in [5, 5.41) is 12.6. The fraction of sp³-hybridized carbons (Fsp3) is 0.200. The Balaban J connectivity index is 1.71. The Morgan fingerprint density at radius 1 is 0.529 bits per heavy atom.